The summed E-state index contributed by atoms with van der Waals surface area (Å²) in [5, 5.41) is 0. The highest BCUT2D eigenvalue weighted by Crippen LogP contribution is 2.42. The first kappa shape index (κ1) is 12.4. The third-order valence-corrected chi connectivity index (χ3v) is 2.68. The van der Waals surface area contributed by atoms with E-state index in [1.54, 1.807) is 6.92 Å². The summed E-state index contributed by atoms with van der Waals surface area (Å²) in [6.07, 6.45) is 3.99. The predicted octanol–water partition coefficient (Wildman–Crippen LogP) is 2.09. The minimum atomic E-state index is -3.70. The molecule has 0 heterocycles. The van der Waals surface area contributed by atoms with Gasteiger partial charge >= 0.3 is 13.6 Å². The van der Waals surface area contributed by atoms with Gasteiger partial charge in [-0.3, -0.25) is 0 Å². The van der Waals surface area contributed by atoms with E-state index in [1.165, 1.54) is 6.08 Å². The Labute approximate surface area is 78.1 Å². The monoisotopic (exact) mass is 206 g/mol. The Hall–Kier alpha value is -0.600. The maximum atomic E-state index is 11.1. The van der Waals surface area contributed by atoms with E-state index in [4.69, 9.17) is 4.89 Å². The van der Waals surface area contributed by atoms with E-state index < -0.39 is 13.6 Å². The van der Waals surface area contributed by atoms with Gasteiger partial charge in [0.15, 0.2) is 0 Å². The second kappa shape index (κ2) is 5.95. The fourth-order valence-corrected chi connectivity index (χ4v) is 1.86. The third-order valence-electron chi connectivity index (χ3n) is 1.33. The van der Waals surface area contributed by atoms with Gasteiger partial charge in [-0.05, 0) is 13.3 Å². The van der Waals surface area contributed by atoms with Crippen molar-refractivity contribution < 1.29 is 18.8 Å². The van der Waals surface area contributed by atoms with Gasteiger partial charge in [-0.25, -0.2) is 9.36 Å². The van der Waals surface area contributed by atoms with Crippen LogP contribution in [0, 0.1) is 0 Å². The standard InChI is InChI=1S/C8H15O4P/c1-3-5-7-13(10,11)12-8(9)6-4-2/h4,6H,3,5,7H2,1-2H3,(H,10,11). The molecule has 0 saturated heterocycles. The van der Waals surface area contributed by atoms with Crippen molar-refractivity contribution in [2.75, 3.05) is 6.16 Å². The molecular formula is C8H15O4P. The Morgan fingerprint density at radius 3 is 2.69 bits per heavy atom. The highest BCUT2D eigenvalue weighted by Gasteiger charge is 2.21. The highest BCUT2D eigenvalue weighted by atomic mass is 31.2. The predicted molar refractivity (Wildman–Crippen MR) is 50.5 cm³/mol. The van der Waals surface area contributed by atoms with Gasteiger partial charge in [0.2, 0.25) is 0 Å². The summed E-state index contributed by atoms with van der Waals surface area (Å²) >= 11 is 0. The average Bonchev–Trinajstić information content (AvgIpc) is 2.00. The van der Waals surface area contributed by atoms with Crippen LogP contribution in [0.25, 0.3) is 0 Å². The molecule has 0 aromatic heterocycles. The van der Waals surface area contributed by atoms with E-state index in [1.807, 2.05) is 6.92 Å². The molecule has 0 aliphatic carbocycles. The molecule has 0 aromatic rings. The van der Waals surface area contributed by atoms with Crippen molar-refractivity contribution in [2.24, 2.45) is 0 Å². The van der Waals surface area contributed by atoms with Crippen LogP contribution in [0.3, 0.4) is 0 Å². The molecule has 1 N–H and O–H groups in total. The lowest BCUT2D eigenvalue weighted by Crippen LogP contribution is -2.01. The number of hydrogen-bond acceptors (Lipinski definition) is 3. The molecule has 0 bridgehead atoms. The molecule has 0 aromatic carbocycles. The van der Waals surface area contributed by atoms with Crippen LogP contribution in [0.2, 0.25) is 0 Å². The Morgan fingerprint density at radius 2 is 2.23 bits per heavy atom. The molecule has 0 rings (SSSR count). The average molecular weight is 206 g/mol. The molecule has 0 radical (unpaired) electrons. The second-order valence-corrected chi connectivity index (χ2v) is 4.53. The molecule has 1 atom stereocenters. The van der Waals surface area contributed by atoms with E-state index in [9.17, 15) is 9.36 Å². The zero-order valence-electron chi connectivity index (χ0n) is 7.90. The van der Waals surface area contributed by atoms with Gasteiger partial charge in [0.1, 0.15) is 0 Å². The summed E-state index contributed by atoms with van der Waals surface area (Å²) in [6.45, 7) is 3.53. The van der Waals surface area contributed by atoms with Gasteiger partial charge in [0.25, 0.3) is 0 Å². The topological polar surface area (TPSA) is 63.6 Å². The van der Waals surface area contributed by atoms with Crippen LogP contribution in [-0.2, 0) is 13.9 Å². The lowest BCUT2D eigenvalue weighted by molar-refractivity contribution is -0.129. The SMILES string of the molecule is CC=CC(=O)OP(=O)(O)CCCC. The normalized spacial score (nSPS) is 15.6. The molecule has 0 amide bonds. The van der Waals surface area contributed by atoms with E-state index in [0.717, 1.165) is 12.5 Å². The van der Waals surface area contributed by atoms with E-state index in [2.05, 4.69) is 4.52 Å². The molecule has 0 fully saturated rings. The largest absolute Gasteiger partial charge is 0.388 e. The number of carbonyl (C=O) groups is 1. The molecule has 76 valence electrons. The Balaban J connectivity index is 4.01. The maximum Gasteiger partial charge on any atom is 0.378 e. The van der Waals surface area contributed by atoms with Gasteiger partial charge in [0, 0.05) is 6.08 Å². The van der Waals surface area contributed by atoms with Gasteiger partial charge in [0.05, 0.1) is 6.16 Å². The molecular weight excluding hydrogens is 191 g/mol. The molecule has 0 saturated carbocycles. The number of rotatable bonds is 5. The molecule has 0 spiro atoms. The summed E-state index contributed by atoms with van der Waals surface area (Å²) in [5.74, 6) is -0.760. The van der Waals surface area contributed by atoms with Gasteiger partial charge in [-0.2, -0.15) is 0 Å². The van der Waals surface area contributed by atoms with Crippen molar-refractivity contribution in [3.8, 4) is 0 Å². The number of hydrogen-bond donors (Lipinski definition) is 1. The summed E-state index contributed by atoms with van der Waals surface area (Å²) in [4.78, 5) is 19.9. The smallest absolute Gasteiger partial charge is 0.378 e. The van der Waals surface area contributed by atoms with Crippen molar-refractivity contribution >= 4 is 13.6 Å². The van der Waals surface area contributed by atoms with Crippen LogP contribution in [0.1, 0.15) is 26.7 Å². The molecule has 1 unspecified atom stereocenters. The van der Waals surface area contributed by atoms with Gasteiger partial charge in [-0.1, -0.05) is 19.4 Å². The van der Waals surface area contributed by atoms with Gasteiger partial charge < -0.3 is 9.42 Å². The lowest BCUT2D eigenvalue weighted by atomic mass is 10.4. The van der Waals surface area contributed by atoms with Crippen LogP contribution in [-0.4, -0.2) is 17.0 Å². The molecule has 5 heteroatoms. The molecule has 0 aliphatic heterocycles. The van der Waals surface area contributed by atoms with E-state index in [0.29, 0.717) is 6.42 Å². The van der Waals surface area contributed by atoms with Crippen LogP contribution < -0.4 is 0 Å². The quantitative estimate of drug-likeness (QED) is 0.552. The van der Waals surface area contributed by atoms with Crippen molar-refractivity contribution in [1.82, 2.24) is 0 Å². The van der Waals surface area contributed by atoms with Crippen LogP contribution >= 0.6 is 7.60 Å². The number of carbonyl (C=O) groups excluding carboxylic acids is 1. The van der Waals surface area contributed by atoms with Crippen molar-refractivity contribution in [3.05, 3.63) is 12.2 Å². The van der Waals surface area contributed by atoms with Crippen LogP contribution in [0.4, 0.5) is 0 Å². The minimum Gasteiger partial charge on any atom is -0.388 e. The second-order valence-electron chi connectivity index (χ2n) is 2.62. The van der Waals surface area contributed by atoms with Crippen molar-refractivity contribution in [2.45, 2.75) is 26.7 Å². The van der Waals surface area contributed by atoms with Crippen LogP contribution in [0.15, 0.2) is 12.2 Å². The first-order valence-corrected chi connectivity index (χ1v) is 5.96. The summed E-state index contributed by atoms with van der Waals surface area (Å²) in [5.41, 5.74) is 0. The first-order valence-electron chi connectivity index (χ1n) is 4.20. The molecule has 0 aliphatic rings. The highest BCUT2D eigenvalue weighted by molar-refractivity contribution is 7.53. The fourth-order valence-electron chi connectivity index (χ4n) is 0.711. The summed E-state index contributed by atoms with van der Waals surface area (Å²) in [7, 11) is -3.70. The van der Waals surface area contributed by atoms with E-state index >= 15 is 0 Å². The fraction of sp³-hybridized carbons (Fsp3) is 0.625. The summed E-state index contributed by atoms with van der Waals surface area (Å²) in [6, 6.07) is 0. The van der Waals surface area contributed by atoms with Crippen molar-refractivity contribution in [1.29, 1.82) is 0 Å². The number of unbranched alkanes of at least 4 members (excludes halogenated alkanes) is 1. The number of allylic oxidation sites excluding steroid dienone is 1. The molecule has 13 heavy (non-hydrogen) atoms. The zero-order chi connectivity index (χ0) is 10.3. The minimum absolute atomic E-state index is 0.0345. The van der Waals surface area contributed by atoms with Gasteiger partial charge in [-0.15, -0.1) is 0 Å². The first-order chi connectivity index (χ1) is 6.02. The Kier molecular flexibility index (Phi) is 5.67. The van der Waals surface area contributed by atoms with Crippen molar-refractivity contribution in [3.63, 3.8) is 0 Å². The molecule has 4 nitrogen and oxygen atoms in total. The van der Waals surface area contributed by atoms with Crippen LogP contribution in [0.5, 0.6) is 0 Å². The Bertz CT molecular complexity index is 234. The maximum absolute atomic E-state index is 11.1. The summed E-state index contributed by atoms with van der Waals surface area (Å²) < 4.78 is 15.5. The Morgan fingerprint density at radius 1 is 1.62 bits per heavy atom. The lowest BCUT2D eigenvalue weighted by Gasteiger charge is -2.09. The third kappa shape index (κ3) is 6.55. The van der Waals surface area contributed by atoms with E-state index in [-0.39, 0.29) is 6.16 Å². The zero-order valence-corrected chi connectivity index (χ0v) is 8.79.